The van der Waals surface area contributed by atoms with Gasteiger partial charge in [-0.1, -0.05) is 18.2 Å². The Morgan fingerprint density at radius 2 is 1.71 bits per heavy atom. The molecule has 2 aromatic carbocycles. The molecule has 0 amide bonds. The van der Waals surface area contributed by atoms with Gasteiger partial charge in [-0.2, -0.15) is 0 Å². The molecule has 4 heteroatoms. The second kappa shape index (κ2) is 6.64. The van der Waals surface area contributed by atoms with Gasteiger partial charge >= 0.3 is 0 Å². The molecule has 28 heavy (non-hydrogen) atoms. The van der Waals surface area contributed by atoms with Crippen LogP contribution < -0.4 is 10.9 Å². The van der Waals surface area contributed by atoms with Crippen LogP contribution in [0.15, 0.2) is 47.4 Å². The summed E-state index contributed by atoms with van der Waals surface area (Å²) in [7, 11) is 0. The summed E-state index contributed by atoms with van der Waals surface area (Å²) in [4.78, 5) is 18.3. The first-order chi connectivity index (χ1) is 13.6. The van der Waals surface area contributed by atoms with Crippen molar-refractivity contribution in [3.63, 3.8) is 0 Å². The molecular weight excluding hydrogens is 346 g/mol. The fourth-order valence-electron chi connectivity index (χ4n) is 4.52. The molecule has 2 aromatic heterocycles. The summed E-state index contributed by atoms with van der Waals surface area (Å²) in [5.74, 6) is 0.654. The number of pyridine rings is 1. The molecule has 0 aliphatic carbocycles. The fraction of sp³-hybridized carbons (Fsp3) is 0.292. The Labute approximate surface area is 164 Å². The maximum Gasteiger partial charge on any atom is 0.251 e. The summed E-state index contributed by atoms with van der Waals surface area (Å²) in [6.07, 6.45) is 4.25. The third-order valence-corrected chi connectivity index (χ3v) is 6.40. The van der Waals surface area contributed by atoms with Crippen LogP contribution in [0.5, 0.6) is 0 Å². The van der Waals surface area contributed by atoms with E-state index in [1.54, 1.807) is 0 Å². The van der Waals surface area contributed by atoms with E-state index < -0.39 is 0 Å². The number of H-pyrrole nitrogens is 2. The van der Waals surface area contributed by atoms with Gasteiger partial charge in [0.2, 0.25) is 0 Å². The number of benzene rings is 2. The van der Waals surface area contributed by atoms with E-state index in [0.717, 1.165) is 40.9 Å². The SMILES string of the molecule is Cc1c(-c2ccc3c(c2)[nH]c2ccc(C4CCNCC4)cc23)c[nH]c(=O)c1C. The zero-order valence-electron chi connectivity index (χ0n) is 16.4. The van der Waals surface area contributed by atoms with Crippen molar-refractivity contribution in [3.05, 3.63) is 69.6 Å². The number of piperidine rings is 1. The van der Waals surface area contributed by atoms with Crippen LogP contribution in [0.25, 0.3) is 32.9 Å². The third-order valence-electron chi connectivity index (χ3n) is 6.40. The van der Waals surface area contributed by atoms with Gasteiger partial charge in [-0.05, 0) is 80.6 Å². The van der Waals surface area contributed by atoms with Crippen LogP contribution in [0, 0.1) is 13.8 Å². The lowest BCUT2D eigenvalue weighted by molar-refractivity contribution is 0.460. The van der Waals surface area contributed by atoms with E-state index in [2.05, 4.69) is 51.7 Å². The summed E-state index contributed by atoms with van der Waals surface area (Å²) in [6.45, 7) is 6.11. The lowest BCUT2D eigenvalue weighted by Crippen LogP contribution is -2.26. The number of aromatic nitrogens is 2. The van der Waals surface area contributed by atoms with Crippen LogP contribution >= 0.6 is 0 Å². The van der Waals surface area contributed by atoms with Gasteiger partial charge in [0.1, 0.15) is 0 Å². The Balaban J connectivity index is 1.62. The molecule has 142 valence electrons. The fourth-order valence-corrected chi connectivity index (χ4v) is 4.52. The topological polar surface area (TPSA) is 60.7 Å². The zero-order valence-corrected chi connectivity index (χ0v) is 16.4. The minimum Gasteiger partial charge on any atom is -0.354 e. The first kappa shape index (κ1) is 17.3. The van der Waals surface area contributed by atoms with Crippen LogP contribution in [-0.4, -0.2) is 23.1 Å². The van der Waals surface area contributed by atoms with E-state index in [9.17, 15) is 4.79 Å². The summed E-state index contributed by atoms with van der Waals surface area (Å²) in [5, 5.41) is 6.01. The molecule has 0 unspecified atom stereocenters. The van der Waals surface area contributed by atoms with E-state index in [1.165, 1.54) is 34.7 Å². The molecule has 0 bridgehead atoms. The molecular formula is C24H25N3O. The predicted molar refractivity (Wildman–Crippen MR) is 116 cm³/mol. The van der Waals surface area contributed by atoms with Crippen molar-refractivity contribution < 1.29 is 0 Å². The van der Waals surface area contributed by atoms with Gasteiger partial charge in [-0.25, -0.2) is 0 Å². The summed E-state index contributed by atoms with van der Waals surface area (Å²) in [6, 6.07) is 13.4. The van der Waals surface area contributed by atoms with Crippen LogP contribution in [0.4, 0.5) is 0 Å². The number of rotatable bonds is 2. The Morgan fingerprint density at radius 1 is 0.893 bits per heavy atom. The lowest BCUT2D eigenvalue weighted by atomic mass is 9.89. The maximum absolute atomic E-state index is 11.8. The highest BCUT2D eigenvalue weighted by molar-refractivity contribution is 6.08. The van der Waals surface area contributed by atoms with E-state index in [-0.39, 0.29) is 5.56 Å². The second-order valence-electron chi connectivity index (χ2n) is 8.00. The highest BCUT2D eigenvalue weighted by Gasteiger charge is 2.16. The molecule has 0 saturated carbocycles. The van der Waals surface area contributed by atoms with Crippen molar-refractivity contribution in [2.45, 2.75) is 32.6 Å². The average molecular weight is 371 g/mol. The van der Waals surface area contributed by atoms with Crippen molar-refractivity contribution in [2.24, 2.45) is 0 Å². The van der Waals surface area contributed by atoms with Gasteiger partial charge in [0.25, 0.3) is 5.56 Å². The molecule has 0 spiro atoms. The van der Waals surface area contributed by atoms with Crippen molar-refractivity contribution >= 4 is 21.8 Å². The van der Waals surface area contributed by atoms with E-state index in [4.69, 9.17) is 0 Å². The largest absolute Gasteiger partial charge is 0.354 e. The third kappa shape index (κ3) is 2.76. The predicted octanol–water partition coefficient (Wildman–Crippen LogP) is 4.76. The van der Waals surface area contributed by atoms with Gasteiger partial charge < -0.3 is 15.3 Å². The highest BCUT2D eigenvalue weighted by atomic mass is 16.1. The van der Waals surface area contributed by atoms with E-state index in [1.807, 2.05) is 20.0 Å². The monoisotopic (exact) mass is 371 g/mol. The molecule has 1 saturated heterocycles. The Hall–Kier alpha value is -2.85. The van der Waals surface area contributed by atoms with Gasteiger partial charge in [0.15, 0.2) is 0 Å². The first-order valence-electron chi connectivity index (χ1n) is 10.1. The molecule has 1 fully saturated rings. The van der Waals surface area contributed by atoms with E-state index in [0.29, 0.717) is 5.92 Å². The summed E-state index contributed by atoms with van der Waals surface area (Å²) < 4.78 is 0. The molecule has 0 atom stereocenters. The highest BCUT2D eigenvalue weighted by Crippen LogP contribution is 2.34. The normalized spacial score (nSPS) is 15.5. The molecule has 1 aliphatic heterocycles. The van der Waals surface area contributed by atoms with Crippen molar-refractivity contribution in [1.82, 2.24) is 15.3 Å². The van der Waals surface area contributed by atoms with Crippen LogP contribution in [-0.2, 0) is 0 Å². The zero-order chi connectivity index (χ0) is 19.3. The number of hydrogen-bond donors (Lipinski definition) is 3. The van der Waals surface area contributed by atoms with Gasteiger partial charge in [0, 0.05) is 39.1 Å². The second-order valence-corrected chi connectivity index (χ2v) is 8.00. The molecule has 4 nitrogen and oxygen atoms in total. The Morgan fingerprint density at radius 3 is 2.54 bits per heavy atom. The smallest absolute Gasteiger partial charge is 0.251 e. The van der Waals surface area contributed by atoms with Crippen LogP contribution in [0.2, 0.25) is 0 Å². The van der Waals surface area contributed by atoms with Crippen LogP contribution in [0.3, 0.4) is 0 Å². The number of hydrogen-bond acceptors (Lipinski definition) is 2. The Bertz CT molecular complexity index is 1240. The number of aromatic amines is 2. The molecule has 5 rings (SSSR count). The molecule has 1 aliphatic rings. The van der Waals surface area contributed by atoms with Gasteiger partial charge in [-0.3, -0.25) is 4.79 Å². The quantitative estimate of drug-likeness (QED) is 0.476. The van der Waals surface area contributed by atoms with Crippen LogP contribution in [0.1, 0.15) is 35.4 Å². The average Bonchev–Trinajstić information content (AvgIpc) is 3.09. The number of fused-ring (bicyclic) bond motifs is 3. The minimum atomic E-state index is -0.0154. The molecule has 0 radical (unpaired) electrons. The molecule has 3 heterocycles. The van der Waals surface area contributed by atoms with Crippen molar-refractivity contribution in [2.75, 3.05) is 13.1 Å². The maximum atomic E-state index is 11.8. The van der Waals surface area contributed by atoms with Crippen molar-refractivity contribution in [1.29, 1.82) is 0 Å². The number of nitrogens with one attached hydrogen (secondary N) is 3. The lowest BCUT2D eigenvalue weighted by Gasteiger charge is -2.23. The first-order valence-corrected chi connectivity index (χ1v) is 10.1. The summed E-state index contributed by atoms with van der Waals surface area (Å²) >= 11 is 0. The standard InChI is InChI=1S/C24H25N3O/c1-14-15(2)24(28)26-13-21(14)18-3-5-19-20-11-17(16-7-9-25-10-8-16)4-6-22(20)27-23(19)12-18/h3-6,11-13,16,25,27H,7-10H2,1-2H3,(H,26,28). The summed E-state index contributed by atoms with van der Waals surface area (Å²) in [5.41, 5.74) is 7.76. The van der Waals surface area contributed by atoms with E-state index >= 15 is 0 Å². The van der Waals surface area contributed by atoms with Crippen molar-refractivity contribution in [3.8, 4) is 11.1 Å². The minimum absolute atomic E-state index is 0.0154. The van der Waals surface area contributed by atoms with Gasteiger partial charge in [0.05, 0.1) is 0 Å². The Kier molecular flexibility index (Phi) is 4.09. The molecule has 4 aromatic rings. The van der Waals surface area contributed by atoms with Gasteiger partial charge in [-0.15, -0.1) is 0 Å². The molecule has 3 N–H and O–H groups in total.